The van der Waals surface area contributed by atoms with Gasteiger partial charge in [0.05, 0.1) is 10.3 Å². The highest BCUT2D eigenvalue weighted by molar-refractivity contribution is 7.94. The van der Waals surface area contributed by atoms with Gasteiger partial charge in [-0.05, 0) is 31.2 Å². The molecule has 0 spiro atoms. The second-order valence-electron chi connectivity index (χ2n) is 3.43. The first kappa shape index (κ1) is 14.4. The maximum absolute atomic E-state index is 11.9. The molecule has 0 saturated carbocycles. The van der Waals surface area contributed by atoms with Gasteiger partial charge in [0.25, 0.3) is 0 Å². The zero-order chi connectivity index (χ0) is 14.0. The molecule has 1 rings (SSSR count). The number of sulfone groups is 1. The zero-order valence-corrected chi connectivity index (χ0v) is 10.0. The van der Waals surface area contributed by atoms with Gasteiger partial charge < -0.3 is 10.5 Å². The van der Waals surface area contributed by atoms with Gasteiger partial charge in [0.1, 0.15) is 5.75 Å². The fourth-order valence-electron chi connectivity index (χ4n) is 1.14. The fraction of sp³-hybridized carbons (Fsp3) is 0.200. The van der Waals surface area contributed by atoms with Gasteiger partial charge in [-0.3, -0.25) is 0 Å². The van der Waals surface area contributed by atoms with Crippen molar-refractivity contribution in [3.05, 3.63) is 35.4 Å². The van der Waals surface area contributed by atoms with Gasteiger partial charge in [0.15, 0.2) is 0 Å². The molecule has 8 heteroatoms. The number of rotatable bonds is 3. The highest BCUT2D eigenvalue weighted by Gasteiger charge is 2.31. The summed E-state index contributed by atoms with van der Waals surface area (Å²) >= 11 is 0. The Kier molecular flexibility index (Phi) is 3.90. The minimum absolute atomic E-state index is 0.0746. The van der Waals surface area contributed by atoms with Gasteiger partial charge in [0, 0.05) is 5.70 Å². The lowest BCUT2D eigenvalue weighted by molar-refractivity contribution is -0.274. The summed E-state index contributed by atoms with van der Waals surface area (Å²) in [6.07, 6.45) is -4.81. The third kappa shape index (κ3) is 4.28. The van der Waals surface area contributed by atoms with Crippen LogP contribution >= 0.6 is 0 Å². The maximum atomic E-state index is 11.9. The van der Waals surface area contributed by atoms with Gasteiger partial charge in [-0.25, -0.2) is 8.42 Å². The maximum Gasteiger partial charge on any atom is 0.573 e. The summed E-state index contributed by atoms with van der Waals surface area (Å²) in [5, 5.41) is 0.826. The molecule has 0 atom stereocenters. The molecular weight excluding hydrogens is 271 g/mol. The van der Waals surface area contributed by atoms with Gasteiger partial charge in [0.2, 0.25) is 9.84 Å². The van der Waals surface area contributed by atoms with E-state index in [2.05, 4.69) is 4.74 Å². The van der Waals surface area contributed by atoms with Crippen LogP contribution in [0.5, 0.6) is 5.75 Å². The average Bonchev–Trinajstić information content (AvgIpc) is 2.13. The summed E-state index contributed by atoms with van der Waals surface area (Å²) in [4.78, 5) is -0.165. The average molecular weight is 281 g/mol. The largest absolute Gasteiger partial charge is 0.573 e. The van der Waals surface area contributed by atoms with Crippen LogP contribution in [0.2, 0.25) is 0 Å². The number of ether oxygens (including phenoxy) is 1. The van der Waals surface area contributed by atoms with E-state index in [0.29, 0.717) is 0 Å². The molecule has 2 N–H and O–H groups in total. The summed E-state index contributed by atoms with van der Waals surface area (Å²) in [5.74, 6) is -0.491. The highest BCUT2D eigenvalue weighted by atomic mass is 32.2. The van der Waals surface area contributed by atoms with Crippen molar-refractivity contribution in [3.8, 4) is 5.75 Å². The van der Waals surface area contributed by atoms with Gasteiger partial charge >= 0.3 is 6.36 Å². The topological polar surface area (TPSA) is 69.4 Å². The van der Waals surface area contributed by atoms with Crippen molar-refractivity contribution in [1.82, 2.24) is 0 Å². The van der Waals surface area contributed by atoms with E-state index in [-0.39, 0.29) is 10.6 Å². The second-order valence-corrected chi connectivity index (χ2v) is 5.22. The first-order valence-electron chi connectivity index (χ1n) is 4.65. The van der Waals surface area contributed by atoms with Gasteiger partial charge in [-0.1, -0.05) is 0 Å². The van der Waals surface area contributed by atoms with Crippen molar-refractivity contribution in [2.24, 2.45) is 5.73 Å². The fourth-order valence-corrected chi connectivity index (χ4v) is 2.28. The van der Waals surface area contributed by atoms with E-state index in [0.717, 1.165) is 29.7 Å². The molecular formula is C10H10F3NO3S. The van der Waals surface area contributed by atoms with Crippen molar-refractivity contribution in [1.29, 1.82) is 0 Å². The summed E-state index contributed by atoms with van der Waals surface area (Å²) in [7, 11) is -3.74. The molecule has 0 aliphatic rings. The first-order valence-corrected chi connectivity index (χ1v) is 6.19. The molecule has 0 saturated heterocycles. The van der Waals surface area contributed by atoms with Crippen LogP contribution in [0.1, 0.15) is 6.92 Å². The van der Waals surface area contributed by atoms with Crippen molar-refractivity contribution in [2.75, 3.05) is 0 Å². The Bertz CT molecular complexity index is 543. The molecule has 0 radical (unpaired) electrons. The van der Waals surface area contributed by atoms with Crippen molar-refractivity contribution < 1.29 is 26.3 Å². The van der Waals surface area contributed by atoms with E-state index in [9.17, 15) is 21.6 Å². The normalized spacial score (nSPS) is 13.4. The lowest BCUT2D eigenvalue weighted by atomic mass is 10.3. The summed E-state index contributed by atoms with van der Waals surface area (Å²) < 4.78 is 62.5. The van der Waals surface area contributed by atoms with E-state index < -0.39 is 21.9 Å². The van der Waals surface area contributed by atoms with E-state index in [1.807, 2.05) is 0 Å². The van der Waals surface area contributed by atoms with E-state index in [4.69, 9.17) is 5.73 Å². The number of benzene rings is 1. The van der Waals surface area contributed by atoms with Crippen molar-refractivity contribution >= 4 is 9.84 Å². The summed E-state index contributed by atoms with van der Waals surface area (Å²) in [6, 6.07) is 3.85. The smallest absolute Gasteiger partial charge is 0.406 e. The van der Waals surface area contributed by atoms with E-state index in [1.165, 1.54) is 6.92 Å². The van der Waals surface area contributed by atoms with Crippen LogP contribution in [0.25, 0.3) is 0 Å². The molecule has 0 aliphatic heterocycles. The minimum atomic E-state index is -4.81. The molecule has 1 aromatic rings. The zero-order valence-electron chi connectivity index (χ0n) is 9.23. The Balaban J connectivity index is 3.00. The quantitative estimate of drug-likeness (QED) is 0.922. The SMILES string of the molecule is CC(N)=CS(=O)(=O)c1ccc(OC(F)(F)F)cc1. The number of alkyl halides is 3. The lowest BCUT2D eigenvalue weighted by Gasteiger charge is -2.08. The van der Waals surface area contributed by atoms with E-state index >= 15 is 0 Å². The standard InChI is InChI=1S/C10H10F3NO3S/c1-7(14)6-18(15,16)9-4-2-8(3-5-9)17-10(11,12)13/h2-6H,14H2,1H3. The van der Waals surface area contributed by atoms with Gasteiger partial charge in [-0.15, -0.1) is 13.2 Å². The molecule has 0 unspecified atom stereocenters. The minimum Gasteiger partial charge on any atom is -0.406 e. The molecule has 1 aromatic carbocycles. The third-order valence-corrected chi connectivity index (χ3v) is 3.34. The van der Waals surface area contributed by atoms with E-state index in [1.54, 1.807) is 0 Å². The van der Waals surface area contributed by atoms with Crippen molar-refractivity contribution in [3.63, 3.8) is 0 Å². The molecule has 0 fully saturated rings. The molecule has 0 aliphatic carbocycles. The Morgan fingerprint density at radius 2 is 1.78 bits per heavy atom. The Morgan fingerprint density at radius 1 is 1.28 bits per heavy atom. The third-order valence-electron chi connectivity index (χ3n) is 1.73. The molecule has 0 aromatic heterocycles. The molecule has 0 amide bonds. The highest BCUT2D eigenvalue weighted by Crippen LogP contribution is 2.24. The monoisotopic (exact) mass is 281 g/mol. The summed E-state index contributed by atoms with van der Waals surface area (Å²) in [5.41, 5.74) is 5.31. The molecule has 0 heterocycles. The predicted octanol–water partition coefficient (Wildman–Crippen LogP) is 2.18. The second kappa shape index (κ2) is 4.89. The number of hydrogen-bond donors (Lipinski definition) is 1. The molecule has 0 bridgehead atoms. The number of halogens is 3. The van der Waals surface area contributed by atoms with Crippen LogP contribution in [-0.2, 0) is 9.84 Å². The van der Waals surface area contributed by atoms with Crippen LogP contribution in [-0.4, -0.2) is 14.8 Å². The van der Waals surface area contributed by atoms with Crippen LogP contribution in [0.3, 0.4) is 0 Å². The molecule has 4 nitrogen and oxygen atoms in total. The van der Waals surface area contributed by atoms with Gasteiger partial charge in [-0.2, -0.15) is 0 Å². The Labute approximate surface area is 102 Å². The van der Waals surface area contributed by atoms with Crippen molar-refractivity contribution in [2.45, 2.75) is 18.2 Å². The Hall–Kier alpha value is -1.70. The number of allylic oxidation sites excluding steroid dienone is 1. The van der Waals surface area contributed by atoms with Crippen LogP contribution < -0.4 is 10.5 Å². The number of nitrogens with two attached hydrogens (primary N) is 1. The lowest BCUT2D eigenvalue weighted by Crippen LogP contribution is -2.17. The van der Waals surface area contributed by atoms with Crippen LogP contribution in [0, 0.1) is 0 Å². The molecule has 18 heavy (non-hydrogen) atoms. The predicted molar refractivity (Wildman–Crippen MR) is 58.3 cm³/mol. The first-order chi connectivity index (χ1) is 8.10. The molecule has 100 valence electrons. The Morgan fingerprint density at radius 3 is 2.17 bits per heavy atom. The van der Waals surface area contributed by atoms with Crippen LogP contribution in [0.15, 0.2) is 40.3 Å². The summed E-state index contributed by atoms with van der Waals surface area (Å²) in [6.45, 7) is 1.39. The number of hydrogen-bond acceptors (Lipinski definition) is 4. The van der Waals surface area contributed by atoms with Crippen LogP contribution in [0.4, 0.5) is 13.2 Å².